The SMILES string of the molecule is NC(=O)c1nc[nH]c1C(=O)N(CC1CCCCC1)c1nc2ccccc2[nH]1. The van der Waals surface area contributed by atoms with E-state index < -0.39 is 5.91 Å². The number of hydrogen-bond acceptors (Lipinski definition) is 4. The summed E-state index contributed by atoms with van der Waals surface area (Å²) in [5.74, 6) is -0.222. The molecule has 3 aromatic rings. The number of carbonyl (C=O) groups is 2. The van der Waals surface area contributed by atoms with Gasteiger partial charge in [-0.2, -0.15) is 0 Å². The fourth-order valence-electron chi connectivity index (χ4n) is 3.74. The minimum absolute atomic E-state index is 0.0512. The molecule has 2 amide bonds. The molecule has 8 nitrogen and oxygen atoms in total. The summed E-state index contributed by atoms with van der Waals surface area (Å²) in [6.45, 7) is 0.538. The van der Waals surface area contributed by atoms with Gasteiger partial charge in [0.2, 0.25) is 5.95 Å². The van der Waals surface area contributed by atoms with E-state index in [1.165, 1.54) is 25.6 Å². The van der Waals surface area contributed by atoms with Crippen molar-refractivity contribution in [3.05, 3.63) is 42.0 Å². The van der Waals surface area contributed by atoms with E-state index in [0.717, 1.165) is 23.9 Å². The topological polar surface area (TPSA) is 121 Å². The number of para-hydroxylation sites is 2. The van der Waals surface area contributed by atoms with Gasteiger partial charge in [-0.15, -0.1) is 0 Å². The maximum atomic E-state index is 13.3. The highest BCUT2D eigenvalue weighted by atomic mass is 16.2. The number of anilines is 1. The number of benzene rings is 1. The molecule has 1 aliphatic carbocycles. The summed E-state index contributed by atoms with van der Waals surface area (Å²) in [6.07, 6.45) is 7.05. The Labute approximate surface area is 156 Å². The lowest BCUT2D eigenvalue weighted by Gasteiger charge is -2.28. The third kappa shape index (κ3) is 3.42. The molecule has 0 bridgehead atoms. The summed E-state index contributed by atoms with van der Waals surface area (Å²) in [5, 5.41) is 0. The van der Waals surface area contributed by atoms with E-state index in [9.17, 15) is 9.59 Å². The number of amides is 2. The first-order valence-corrected chi connectivity index (χ1v) is 9.23. The summed E-state index contributed by atoms with van der Waals surface area (Å²) in [6, 6.07) is 7.63. The monoisotopic (exact) mass is 366 g/mol. The molecule has 4 N–H and O–H groups in total. The van der Waals surface area contributed by atoms with Crippen LogP contribution in [0.4, 0.5) is 5.95 Å². The highest BCUT2D eigenvalue weighted by molar-refractivity contribution is 6.10. The average Bonchev–Trinajstić information content (AvgIpc) is 3.33. The maximum absolute atomic E-state index is 13.3. The van der Waals surface area contributed by atoms with Gasteiger partial charge in [0.15, 0.2) is 5.69 Å². The first-order chi connectivity index (χ1) is 13.1. The Morgan fingerprint density at radius 2 is 1.96 bits per heavy atom. The quantitative estimate of drug-likeness (QED) is 0.642. The Morgan fingerprint density at radius 3 is 2.70 bits per heavy atom. The van der Waals surface area contributed by atoms with Crippen LogP contribution in [-0.2, 0) is 0 Å². The third-order valence-corrected chi connectivity index (χ3v) is 5.13. The van der Waals surface area contributed by atoms with Crippen LogP contribution >= 0.6 is 0 Å². The Balaban J connectivity index is 1.71. The van der Waals surface area contributed by atoms with E-state index >= 15 is 0 Å². The van der Waals surface area contributed by atoms with Crippen molar-refractivity contribution in [1.29, 1.82) is 0 Å². The number of aromatic amines is 2. The number of carbonyl (C=O) groups excluding carboxylic acids is 2. The van der Waals surface area contributed by atoms with Gasteiger partial charge in [-0.3, -0.25) is 14.5 Å². The first kappa shape index (κ1) is 17.3. The van der Waals surface area contributed by atoms with E-state index in [1.807, 2.05) is 24.3 Å². The van der Waals surface area contributed by atoms with Crippen LogP contribution in [0.2, 0.25) is 0 Å². The van der Waals surface area contributed by atoms with Gasteiger partial charge in [-0.1, -0.05) is 31.4 Å². The first-order valence-electron chi connectivity index (χ1n) is 9.23. The predicted octanol–water partition coefficient (Wildman–Crippen LogP) is 2.61. The number of hydrogen-bond donors (Lipinski definition) is 3. The molecular weight excluding hydrogens is 344 g/mol. The minimum atomic E-state index is -0.734. The van der Waals surface area contributed by atoms with Crippen molar-refractivity contribution < 1.29 is 9.59 Å². The molecule has 27 heavy (non-hydrogen) atoms. The van der Waals surface area contributed by atoms with Gasteiger partial charge < -0.3 is 15.7 Å². The van der Waals surface area contributed by atoms with Crippen LogP contribution in [0.5, 0.6) is 0 Å². The van der Waals surface area contributed by atoms with Crippen LogP contribution in [-0.4, -0.2) is 38.3 Å². The largest absolute Gasteiger partial charge is 0.364 e. The fourth-order valence-corrected chi connectivity index (χ4v) is 3.74. The van der Waals surface area contributed by atoms with Crippen LogP contribution < -0.4 is 10.6 Å². The molecule has 140 valence electrons. The van der Waals surface area contributed by atoms with Gasteiger partial charge in [-0.25, -0.2) is 9.97 Å². The Kier molecular flexibility index (Phi) is 4.62. The molecule has 4 rings (SSSR count). The number of nitrogens with one attached hydrogen (secondary N) is 2. The Morgan fingerprint density at radius 1 is 1.19 bits per heavy atom. The lowest BCUT2D eigenvalue weighted by Crippen LogP contribution is -2.38. The highest BCUT2D eigenvalue weighted by Gasteiger charge is 2.29. The molecule has 1 aliphatic rings. The lowest BCUT2D eigenvalue weighted by molar-refractivity contribution is 0.0950. The number of rotatable bonds is 5. The summed E-state index contributed by atoms with van der Waals surface area (Å²) < 4.78 is 0. The summed E-state index contributed by atoms with van der Waals surface area (Å²) in [4.78, 5) is 41.0. The number of fused-ring (bicyclic) bond motifs is 1. The number of nitrogens with two attached hydrogens (primary N) is 1. The molecule has 0 aliphatic heterocycles. The van der Waals surface area contributed by atoms with Crippen LogP contribution in [0.25, 0.3) is 11.0 Å². The smallest absolute Gasteiger partial charge is 0.279 e. The van der Waals surface area contributed by atoms with E-state index in [0.29, 0.717) is 18.4 Å². The van der Waals surface area contributed by atoms with Crippen LogP contribution in [0.3, 0.4) is 0 Å². The second-order valence-electron chi connectivity index (χ2n) is 6.99. The molecule has 1 saturated carbocycles. The number of primary amides is 1. The zero-order valence-electron chi connectivity index (χ0n) is 14.9. The van der Waals surface area contributed by atoms with Crippen LogP contribution in [0.1, 0.15) is 53.1 Å². The number of H-pyrrole nitrogens is 2. The molecule has 2 heterocycles. The second-order valence-corrected chi connectivity index (χ2v) is 6.99. The molecule has 0 atom stereocenters. The van der Waals surface area contributed by atoms with E-state index in [4.69, 9.17) is 5.73 Å². The minimum Gasteiger partial charge on any atom is -0.364 e. The molecule has 0 radical (unpaired) electrons. The molecule has 2 aromatic heterocycles. The van der Waals surface area contributed by atoms with Crippen molar-refractivity contribution in [3.8, 4) is 0 Å². The zero-order chi connectivity index (χ0) is 18.8. The summed E-state index contributed by atoms with van der Waals surface area (Å²) in [7, 11) is 0. The summed E-state index contributed by atoms with van der Waals surface area (Å²) >= 11 is 0. The normalized spacial score (nSPS) is 15.1. The number of nitrogens with zero attached hydrogens (tertiary/aromatic N) is 3. The second kappa shape index (κ2) is 7.22. The van der Waals surface area contributed by atoms with Gasteiger partial charge in [0, 0.05) is 6.54 Å². The Hall–Kier alpha value is -3.16. The van der Waals surface area contributed by atoms with Crippen molar-refractivity contribution in [3.63, 3.8) is 0 Å². The van der Waals surface area contributed by atoms with Crippen molar-refractivity contribution in [2.45, 2.75) is 32.1 Å². The molecular formula is C19H22N6O2. The molecule has 1 fully saturated rings. The molecule has 1 aromatic carbocycles. The Bertz CT molecular complexity index is 936. The molecule has 0 unspecified atom stereocenters. The maximum Gasteiger partial charge on any atom is 0.279 e. The van der Waals surface area contributed by atoms with Crippen LogP contribution in [0, 0.1) is 5.92 Å². The van der Waals surface area contributed by atoms with Crippen molar-refractivity contribution >= 4 is 28.8 Å². The van der Waals surface area contributed by atoms with E-state index in [-0.39, 0.29) is 17.3 Å². The van der Waals surface area contributed by atoms with E-state index in [1.54, 1.807) is 4.90 Å². The van der Waals surface area contributed by atoms with Gasteiger partial charge in [0.05, 0.1) is 17.4 Å². The van der Waals surface area contributed by atoms with Crippen LogP contribution in [0.15, 0.2) is 30.6 Å². The molecule has 8 heteroatoms. The fraction of sp³-hybridized carbons (Fsp3) is 0.368. The third-order valence-electron chi connectivity index (χ3n) is 5.13. The standard InChI is InChI=1S/C19H22N6O2/c20-17(26)15-16(22-11-21-15)18(27)25(10-12-6-2-1-3-7-12)19-23-13-8-4-5-9-14(13)24-19/h4-5,8-9,11-12H,1-3,6-7,10H2,(H2,20,26)(H,21,22)(H,23,24). The molecule has 0 spiro atoms. The average molecular weight is 366 g/mol. The highest BCUT2D eigenvalue weighted by Crippen LogP contribution is 2.27. The summed E-state index contributed by atoms with van der Waals surface area (Å²) in [5.41, 5.74) is 7.05. The number of imidazole rings is 2. The van der Waals surface area contributed by atoms with Gasteiger partial charge >= 0.3 is 0 Å². The van der Waals surface area contributed by atoms with Gasteiger partial charge in [0.1, 0.15) is 5.69 Å². The van der Waals surface area contributed by atoms with E-state index in [2.05, 4.69) is 19.9 Å². The number of aromatic nitrogens is 4. The van der Waals surface area contributed by atoms with Gasteiger partial charge in [0.25, 0.3) is 11.8 Å². The van der Waals surface area contributed by atoms with Crippen molar-refractivity contribution in [2.75, 3.05) is 11.4 Å². The van der Waals surface area contributed by atoms with Crippen molar-refractivity contribution in [1.82, 2.24) is 19.9 Å². The van der Waals surface area contributed by atoms with Crippen molar-refractivity contribution in [2.24, 2.45) is 11.7 Å². The van der Waals surface area contributed by atoms with Gasteiger partial charge in [-0.05, 0) is 30.9 Å². The molecule has 0 saturated heterocycles. The lowest BCUT2D eigenvalue weighted by atomic mass is 9.89. The zero-order valence-corrected chi connectivity index (χ0v) is 14.9. The predicted molar refractivity (Wildman–Crippen MR) is 101 cm³/mol.